The smallest absolute Gasteiger partial charge is 0.322 e. The first-order valence-corrected chi connectivity index (χ1v) is 7.91. The van der Waals surface area contributed by atoms with E-state index >= 15 is 0 Å². The van der Waals surface area contributed by atoms with Gasteiger partial charge in [0.15, 0.2) is 0 Å². The molecule has 1 aliphatic rings. The summed E-state index contributed by atoms with van der Waals surface area (Å²) in [5.74, 6) is -0.704. The van der Waals surface area contributed by atoms with Crippen molar-refractivity contribution in [2.75, 3.05) is 0 Å². The summed E-state index contributed by atoms with van der Waals surface area (Å²) in [6.45, 7) is 1.96. The highest BCUT2D eigenvalue weighted by Gasteiger charge is 2.30. The minimum atomic E-state index is -0.757. The lowest BCUT2D eigenvalue weighted by molar-refractivity contribution is -0.151. The van der Waals surface area contributed by atoms with Gasteiger partial charge in [0.2, 0.25) is 0 Å². The van der Waals surface area contributed by atoms with E-state index < -0.39 is 5.92 Å². The van der Waals surface area contributed by atoms with Gasteiger partial charge in [0.05, 0.1) is 10.7 Å². The lowest BCUT2D eigenvalue weighted by Gasteiger charge is -2.28. The van der Waals surface area contributed by atoms with Gasteiger partial charge in [0.1, 0.15) is 12.0 Å². The van der Waals surface area contributed by atoms with Crippen molar-refractivity contribution >= 4 is 23.2 Å². The fraction of sp³-hybridized carbons (Fsp3) is 0.562. The normalized spacial score (nSPS) is 18.7. The Morgan fingerprint density at radius 2 is 2.10 bits per heavy atom. The van der Waals surface area contributed by atoms with Gasteiger partial charge < -0.3 is 10.5 Å². The molecular weight excluding hydrogens is 284 g/mol. The Kier molecular flexibility index (Phi) is 5.67. The van der Waals surface area contributed by atoms with Crippen molar-refractivity contribution in [3.05, 3.63) is 30.1 Å². The van der Waals surface area contributed by atoms with E-state index in [4.69, 9.17) is 22.7 Å². The molecule has 0 amide bonds. The summed E-state index contributed by atoms with van der Waals surface area (Å²) in [4.78, 5) is 16.7. The van der Waals surface area contributed by atoms with Crippen LogP contribution in [-0.4, -0.2) is 22.0 Å². The maximum absolute atomic E-state index is 12.4. The maximum Gasteiger partial charge on any atom is 0.322 e. The van der Waals surface area contributed by atoms with Gasteiger partial charge in [0, 0.05) is 6.20 Å². The van der Waals surface area contributed by atoms with E-state index in [1.807, 2.05) is 13.0 Å². The molecule has 1 aromatic rings. The van der Waals surface area contributed by atoms with Crippen LogP contribution in [0.4, 0.5) is 0 Å². The standard InChI is InChI=1S/C16H22N2O2S/c1-11(12-7-3-2-4-8-12)20-16(19)14(15(17)21)13-9-5-6-10-18-13/h5-6,9-12,14H,2-4,7-8H2,1H3,(H2,17,21). The van der Waals surface area contributed by atoms with Crippen LogP contribution in [-0.2, 0) is 9.53 Å². The molecule has 1 fully saturated rings. The van der Waals surface area contributed by atoms with Crippen LogP contribution in [0, 0.1) is 5.92 Å². The van der Waals surface area contributed by atoms with Crippen LogP contribution >= 0.6 is 12.2 Å². The summed E-state index contributed by atoms with van der Waals surface area (Å²) in [6, 6.07) is 5.35. The van der Waals surface area contributed by atoms with Crippen molar-refractivity contribution in [1.29, 1.82) is 0 Å². The predicted octanol–water partition coefficient (Wildman–Crippen LogP) is 2.96. The molecule has 5 heteroatoms. The predicted molar refractivity (Wildman–Crippen MR) is 85.9 cm³/mol. The van der Waals surface area contributed by atoms with Crippen molar-refractivity contribution in [2.24, 2.45) is 11.7 Å². The van der Waals surface area contributed by atoms with Crippen molar-refractivity contribution in [1.82, 2.24) is 4.98 Å². The summed E-state index contributed by atoms with van der Waals surface area (Å²) in [5, 5.41) is 0. The lowest BCUT2D eigenvalue weighted by Crippen LogP contribution is -2.33. The van der Waals surface area contributed by atoms with Gasteiger partial charge in [-0.25, -0.2) is 0 Å². The highest BCUT2D eigenvalue weighted by Crippen LogP contribution is 2.29. The summed E-state index contributed by atoms with van der Waals surface area (Å²) in [6.07, 6.45) is 7.47. The number of hydrogen-bond acceptors (Lipinski definition) is 4. The third kappa shape index (κ3) is 4.24. The molecule has 4 nitrogen and oxygen atoms in total. The molecule has 2 rings (SSSR count). The van der Waals surface area contributed by atoms with Gasteiger partial charge in [-0.15, -0.1) is 0 Å². The summed E-state index contributed by atoms with van der Waals surface area (Å²) >= 11 is 5.02. The minimum absolute atomic E-state index is 0.0987. The van der Waals surface area contributed by atoms with Gasteiger partial charge in [-0.2, -0.15) is 0 Å². The molecule has 2 N–H and O–H groups in total. The highest BCUT2D eigenvalue weighted by atomic mass is 32.1. The average molecular weight is 306 g/mol. The molecule has 0 bridgehead atoms. The molecule has 1 heterocycles. The second-order valence-corrected chi connectivity index (χ2v) is 6.10. The summed E-state index contributed by atoms with van der Waals surface area (Å²) in [7, 11) is 0. The lowest BCUT2D eigenvalue weighted by atomic mass is 9.86. The van der Waals surface area contributed by atoms with Gasteiger partial charge in [0.25, 0.3) is 0 Å². The zero-order valence-corrected chi connectivity index (χ0v) is 13.1. The fourth-order valence-corrected chi connectivity index (χ4v) is 3.10. The fourth-order valence-electron chi connectivity index (χ4n) is 2.88. The first-order chi connectivity index (χ1) is 10.1. The average Bonchev–Trinajstić information content (AvgIpc) is 2.49. The molecule has 1 aromatic heterocycles. The number of hydrogen-bond donors (Lipinski definition) is 1. The van der Waals surface area contributed by atoms with Crippen LogP contribution in [0.3, 0.4) is 0 Å². The third-order valence-electron chi connectivity index (χ3n) is 4.12. The van der Waals surface area contributed by atoms with Gasteiger partial charge in [-0.3, -0.25) is 9.78 Å². The summed E-state index contributed by atoms with van der Waals surface area (Å²) in [5.41, 5.74) is 6.26. The van der Waals surface area contributed by atoms with Crippen LogP contribution in [0.2, 0.25) is 0 Å². The first kappa shape index (κ1) is 15.9. The largest absolute Gasteiger partial charge is 0.462 e. The Balaban J connectivity index is 2.03. The molecule has 114 valence electrons. The zero-order chi connectivity index (χ0) is 15.2. The van der Waals surface area contributed by atoms with Crippen molar-refractivity contribution in [3.63, 3.8) is 0 Å². The number of thiocarbonyl (C=S) groups is 1. The Labute approximate surface area is 131 Å². The van der Waals surface area contributed by atoms with Crippen LogP contribution in [0.1, 0.15) is 50.6 Å². The van der Waals surface area contributed by atoms with E-state index in [0.717, 1.165) is 12.8 Å². The van der Waals surface area contributed by atoms with Crippen LogP contribution < -0.4 is 5.73 Å². The van der Waals surface area contributed by atoms with E-state index in [2.05, 4.69) is 4.98 Å². The Morgan fingerprint density at radius 1 is 1.38 bits per heavy atom. The third-order valence-corrected chi connectivity index (χ3v) is 4.36. The molecule has 0 spiro atoms. The van der Waals surface area contributed by atoms with Crippen molar-refractivity contribution < 1.29 is 9.53 Å². The Morgan fingerprint density at radius 3 is 2.67 bits per heavy atom. The number of nitrogens with two attached hydrogens (primary N) is 1. The van der Waals surface area contributed by atoms with Crippen LogP contribution in [0.25, 0.3) is 0 Å². The Hall–Kier alpha value is -1.49. The quantitative estimate of drug-likeness (QED) is 0.669. The molecule has 2 atom stereocenters. The SMILES string of the molecule is CC(OC(=O)C(C(N)=S)c1ccccn1)C1CCCCC1. The Bertz CT molecular complexity index is 486. The molecule has 2 unspecified atom stereocenters. The molecular formula is C16H22N2O2S. The van der Waals surface area contributed by atoms with E-state index in [0.29, 0.717) is 11.6 Å². The second kappa shape index (κ2) is 7.50. The molecule has 1 saturated carbocycles. The molecule has 0 aliphatic heterocycles. The molecule has 1 aliphatic carbocycles. The van der Waals surface area contributed by atoms with E-state index in [1.54, 1.807) is 18.3 Å². The monoisotopic (exact) mass is 306 g/mol. The molecule has 21 heavy (non-hydrogen) atoms. The van der Waals surface area contributed by atoms with E-state index in [9.17, 15) is 4.79 Å². The molecule has 0 radical (unpaired) electrons. The van der Waals surface area contributed by atoms with Gasteiger partial charge in [-0.1, -0.05) is 37.5 Å². The van der Waals surface area contributed by atoms with Crippen LogP contribution in [0.5, 0.6) is 0 Å². The number of pyridine rings is 1. The van der Waals surface area contributed by atoms with Crippen molar-refractivity contribution in [3.8, 4) is 0 Å². The zero-order valence-electron chi connectivity index (χ0n) is 12.3. The number of esters is 1. The van der Waals surface area contributed by atoms with E-state index in [1.165, 1.54) is 19.3 Å². The topological polar surface area (TPSA) is 65.2 Å². The second-order valence-electron chi connectivity index (χ2n) is 5.63. The number of ether oxygens (including phenoxy) is 1. The number of carbonyl (C=O) groups is 1. The van der Waals surface area contributed by atoms with Gasteiger partial charge >= 0.3 is 5.97 Å². The molecule has 0 saturated heterocycles. The first-order valence-electron chi connectivity index (χ1n) is 7.50. The number of aromatic nitrogens is 1. The van der Waals surface area contributed by atoms with Crippen molar-refractivity contribution in [2.45, 2.75) is 51.0 Å². The van der Waals surface area contributed by atoms with Gasteiger partial charge in [-0.05, 0) is 37.8 Å². The molecule has 0 aromatic carbocycles. The van der Waals surface area contributed by atoms with Crippen LogP contribution in [0.15, 0.2) is 24.4 Å². The highest BCUT2D eigenvalue weighted by molar-refractivity contribution is 7.80. The minimum Gasteiger partial charge on any atom is -0.462 e. The summed E-state index contributed by atoms with van der Waals surface area (Å²) < 4.78 is 5.62. The number of nitrogens with zero attached hydrogens (tertiary/aromatic N) is 1. The number of rotatable bonds is 5. The maximum atomic E-state index is 12.4. The van der Waals surface area contributed by atoms with E-state index in [-0.39, 0.29) is 17.1 Å². The number of carbonyl (C=O) groups excluding carboxylic acids is 1.